The molecule has 0 aliphatic carbocycles. The molecule has 2 aromatic carbocycles. The van der Waals surface area contributed by atoms with E-state index in [4.69, 9.17) is 9.47 Å². The van der Waals surface area contributed by atoms with Crippen molar-refractivity contribution in [2.75, 3.05) is 34.4 Å². The highest BCUT2D eigenvalue weighted by Crippen LogP contribution is 2.20. The minimum Gasteiger partial charge on any atom is -0.496 e. The van der Waals surface area contributed by atoms with Crippen molar-refractivity contribution in [2.24, 2.45) is 4.99 Å². The molecule has 1 atom stereocenters. The van der Waals surface area contributed by atoms with Gasteiger partial charge < -0.3 is 20.1 Å². The fourth-order valence-corrected chi connectivity index (χ4v) is 2.84. The first-order valence-corrected chi connectivity index (χ1v) is 8.93. The second-order valence-corrected chi connectivity index (χ2v) is 6.22. The van der Waals surface area contributed by atoms with Gasteiger partial charge >= 0.3 is 0 Å². The van der Waals surface area contributed by atoms with Crippen molar-refractivity contribution in [2.45, 2.75) is 19.4 Å². The van der Waals surface area contributed by atoms with Crippen LogP contribution in [0.5, 0.6) is 5.75 Å². The second kappa shape index (κ2) is 12.6. The van der Waals surface area contributed by atoms with E-state index in [9.17, 15) is 4.39 Å². The first kappa shape index (κ1) is 24.2. The molecule has 2 N–H and O–H groups in total. The molecule has 0 fully saturated rings. The zero-order valence-electron chi connectivity index (χ0n) is 16.8. The Bertz CT molecular complexity index is 754. The van der Waals surface area contributed by atoms with Crippen LogP contribution < -0.4 is 15.4 Å². The van der Waals surface area contributed by atoms with E-state index in [1.54, 1.807) is 33.4 Å². The average molecular weight is 501 g/mol. The Morgan fingerprint density at radius 3 is 2.43 bits per heavy atom. The number of rotatable bonds is 8. The summed E-state index contributed by atoms with van der Waals surface area (Å²) >= 11 is 0. The number of hydrogen-bond acceptors (Lipinski definition) is 3. The molecule has 154 valence electrons. The van der Waals surface area contributed by atoms with Crippen LogP contribution in [0.1, 0.15) is 22.8 Å². The third-order valence-electron chi connectivity index (χ3n) is 4.33. The fourth-order valence-electron chi connectivity index (χ4n) is 2.84. The fraction of sp³-hybridized carbons (Fsp3) is 0.381. The van der Waals surface area contributed by atoms with E-state index in [1.165, 1.54) is 17.7 Å². The number of benzene rings is 2. The molecule has 7 heteroatoms. The lowest BCUT2D eigenvalue weighted by atomic mass is 10.1. The molecule has 0 aromatic heterocycles. The Labute approximate surface area is 183 Å². The first-order valence-electron chi connectivity index (χ1n) is 8.93. The molecule has 2 rings (SSSR count). The summed E-state index contributed by atoms with van der Waals surface area (Å²) in [4.78, 5) is 4.24. The molecule has 0 amide bonds. The largest absolute Gasteiger partial charge is 0.496 e. The van der Waals surface area contributed by atoms with E-state index in [2.05, 4.69) is 28.6 Å². The van der Waals surface area contributed by atoms with Crippen LogP contribution in [0.3, 0.4) is 0 Å². The Morgan fingerprint density at radius 2 is 1.82 bits per heavy atom. The predicted molar refractivity (Wildman–Crippen MR) is 122 cm³/mol. The average Bonchev–Trinajstić information content (AvgIpc) is 2.68. The Morgan fingerprint density at radius 1 is 1.11 bits per heavy atom. The molecule has 0 aliphatic heterocycles. The van der Waals surface area contributed by atoms with Crippen LogP contribution in [-0.2, 0) is 11.2 Å². The standard InChI is InChI=1S/C21H28FN3O2.HI/c1-15-5-10-19(26-3)17(13-15)11-12-24-21(23-2)25-14-20(27-4)16-6-8-18(22)9-7-16;/h5-10,13,20H,11-12,14H2,1-4H3,(H2,23,24,25);1H. The lowest BCUT2D eigenvalue weighted by Crippen LogP contribution is -2.40. The van der Waals surface area contributed by atoms with Crippen molar-refractivity contribution >= 4 is 29.9 Å². The number of guanidine groups is 1. The van der Waals surface area contributed by atoms with Gasteiger partial charge in [0.2, 0.25) is 0 Å². The highest BCUT2D eigenvalue weighted by Gasteiger charge is 2.11. The first-order chi connectivity index (χ1) is 13.1. The molecular formula is C21H29FIN3O2. The Kier molecular flexibility index (Phi) is 10.8. The number of methoxy groups -OCH3 is 2. The zero-order chi connectivity index (χ0) is 19.6. The highest BCUT2D eigenvalue weighted by molar-refractivity contribution is 14.0. The maximum atomic E-state index is 13.1. The summed E-state index contributed by atoms with van der Waals surface area (Å²) in [6.45, 7) is 3.31. The molecular weight excluding hydrogens is 472 g/mol. The molecule has 2 aromatic rings. The number of aliphatic imine (C=N–C) groups is 1. The molecule has 0 radical (unpaired) electrons. The number of ether oxygens (including phenoxy) is 2. The number of nitrogens with zero attached hydrogens (tertiary/aromatic N) is 1. The van der Waals surface area contributed by atoms with Crippen LogP contribution in [0.15, 0.2) is 47.5 Å². The van der Waals surface area contributed by atoms with Gasteiger partial charge in [0.25, 0.3) is 0 Å². The lowest BCUT2D eigenvalue weighted by Gasteiger charge is -2.19. The minimum absolute atomic E-state index is 0. The molecule has 1 unspecified atom stereocenters. The van der Waals surface area contributed by atoms with Gasteiger partial charge in [0.05, 0.1) is 13.2 Å². The van der Waals surface area contributed by atoms with Crippen molar-refractivity contribution in [1.82, 2.24) is 10.6 Å². The van der Waals surface area contributed by atoms with E-state index in [-0.39, 0.29) is 35.9 Å². The number of nitrogens with one attached hydrogen (secondary N) is 2. The quantitative estimate of drug-likeness (QED) is 0.328. The zero-order valence-corrected chi connectivity index (χ0v) is 19.1. The van der Waals surface area contributed by atoms with Crippen LogP contribution in [0.2, 0.25) is 0 Å². The Hall–Kier alpha value is -1.87. The predicted octanol–water partition coefficient (Wildman–Crippen LogP) is 3.86. The number of hydrogen-bond donors (Lipinski definition) is 2. The van der Waals surface area contributed by atoms with Gasteiger partial charge in [0.1, 0.15) is 11.6 Å². The third kappa shape index (κ3) is 7.27. The highest BCUT2D eigenvalue weighted by atomic mass is 127. The van der Waals surface area contributed by atoms with E-state index in [0.717, 1.165) is 23.3 Å². The van der Waals surface area contributed by atoms with Crippen LogP contribution in [-0.4, -0.2) is 40.3 Å². The van der Waals surface area contributed by atoms with Gasteiger partial charge in [0.15, 0.2) is 5.96 Å². The number of halogens is 2. The molecule has 5 nitrogen and oxygen atoms in total. The topological polar surface area (TPSA) is 54.9 Å². The van der Waals surface area contributed by atoms with Gasteiger partial charge in [-0.3, -0.25) is 4.99 Å². The molecule has 0 spiro atoms. The van der Waals surface area contributed by atoms with Crippen molar-refractivity contribution < 1.29 is 13.9 Å². The van der Waals surface area contributed by atoms with Crippen LogP contribution in [0.25, 0.3) is 0 Å². The van der Waals surface area contributed by atoms with Crippen LogP contribution in [0.4, 0.5) is 4.39 Å². The van der Waals surface area contributed by atoms with Gasteiger partial charge in [0, 0.05) is 27.2 Å². The molecule has 0 saturated heterocycles. The Balaban J connectivity index is 0.00000392. The maximum Gasteiger partial charge on any atom is 0.191 e. The molecule has 0 heterocycles. The smallest absolute Gasteiger partial charge is 0.191 e. The van der Waals surface area contributed by atoms with Crippen molar-refractivity contribution in [3.05, 3.63) is 65.0 Å². The summed E-state index contributed by atoms with van der Waals surface area (Å²) in [6, 6.07) is 12.5. The van der Waals surface area contributed by atoms with Gasteiger partial charge in [-0.15, -0.1) is 24.0 Å². The molecule has 0 bridgehead atoms. The maximum absolute atomic E-state index is 13.1. The van der Waals surface area contributed by atoms with E-state index < -0.39 is 0 Å². The summed E-state index contributed by atoms with van der Waals surface area (Å²) in [6.07, 6.45) is 0.623. The van der Waals surface area contributed by atoms with Gasteiger partial charge in [-0.2, -0.15) is 0 Å². The van der Waals surface area contributed by atoms with E-state index in [1.807, 2.05) is 12.1 Å². The molecule has 0 saturated carbocycles. The van der Waals surface area contributed by atoms with Crippen molar-refractivity contribution in [3.63, 3.8) is 0 Å². The minimum atomic E-state index is -0.259. The van der Waals surface area contributed by atoms with Crippen molar-refractivity contribution in [1.29, 1.82) is 0 Å². The summed E-state index contributed by atoms with van der Waals surface area (Å²) in [7, 11) is 5.04. The van der Waals surface area contributed by atoms with E-state index >= 15 is 0 Å². The van der Waals surface area contributed by atoms with Gasteiger partial charge in [-0.1, -0.05) is 29.8 Å². The third-order valence-corrected chi connectivity index (χ3v) is 4.33. The second-order valence-electron chi connectivity index (χ2n) is 6.22. The lowest BCUT2D eigenvalue weighted by molar-refractivity contribution is 0.106. The molecule has 28 heavy (non-hydrogen) atoms. The SMILES string of the molecule is CN=C(NCCc1cc(C)ccc1OC)NCC(OC)c1ccc(F)cc1.I. The van der Waals surface area contributed by atoms with Crippen molar-refractivity contribution in [3.8, 4) is 5.75 Å². The van der Waals surface area contributed by atoms with Crippen LogP contribution in [0, 0.1) is 12.7 Å². The van der Waals surface area contributed by atoms with Gasteiger partial charge in [-0.25, -0.2) is 4.39 Å². The van der Waals surface area contributed by atoms with E-state index in [0.29, 0.717) is 19.0 Å². The van der Waals surface area contributed by atoms with Crippen LogP contribution >= 0.6 is 24.0 Å². The normalized spacial score (nSPS) is 12.1. The van der Waals surface area contributed by atoms with Gasteiger partial charge in [-0.05, 0) is 42.7 Å². The molecule has 0 aliphatic rings. The summed E-state index contributed by atoms with van der Waals surface area (Å²) in [5, 5.41) is 6.55. The summed E-state index contributed by atoms with van der Waals surface area (Å²) in [5.41, 5.74) is 3.27. The summed E-state index contributed by atoms with van der Waals surface area (Å²) < 4.78 is 24.0. The monoisotopic (exact) mass is 501 g/mol. The summed E-state index contributed by atoms with van der Waals surface area (Å²) in [5.74, 6) is 1.32. The number of aryl methyl sites for hydroxylation is 1.